The summed E-state index contributed by atoms with van der Waals surface area (Å²) in [6, 6.07) is -3.27. The molecule has 0 bridgehead atoms. The molecule has 0 aliphatic carbocycles. The fraction of sp³-hybridized carbons (Fsp3) is 0.818. The predicted octanol–water partition coefficient (Wildman–Crippen LogP) is 1.11. The number of aliphatic carboxylic acids is 1. The summed E-state index contributed by atoms with van der Waals surface area (Å²) in [5.74, 6) is -2.47. The van der Waals surface area contributed by atoms with E-state index in [0.717, 1.165) is 0 Å². The van der Waals surface area contributed by atoms with Crippen molar-refractivity contribution in [1.82, 2.24) is 15.5 Å². The Bertz CT molecular complexity index is 652. The molecule has 0 radical (unpaired) electrons. The lowest BCUT2D eigenvalue weighted by Crippen LogP contribution is -2.58. The molecule has 31 heavy (non-hydrogen) atoms. The van der Waals surface area contributed by atoms with Crippen LogP contribution in [-0.4, -0.2) is 64.4 Å². The van der Waals surface area contributed by atoms with Crippen molar-refractivity contribution in [3.05, 3.63) is 0 Å². The summed E-state index contributed by atoms with van der Waals surface area (Å²) in [4.78, 5) is 51.7. The number of carbonyl (C=O) groups excluding carboxylic acids is 3. The van der Waals surface area contributed by atoms with E-state index < -0.39 is 42.0 Å². The van der Waals surface area contributed by atoms with Gasteiger partial charge in [0.2, 0.25) is 17.7 Å². The summed E-state index contributed by atoms with van der Waals surface area (Å²) in [6.45, 7) is 11.6. The SMILES string of the molecule is CCC(C)C(NC(=O)C1CCCN1C(=O)C(N)C(C)C)C(=O)NC(CC(C)C)C(=O)O. The highest BCUT2D eigenvalue weighted by molar-refractivity contribution is 5.94. The van der Waals surface area contributed by atoms with Crippen molar-refractivity contribution in [3.63, 3.8) is 0 Å². The standard InChI is InChI=1S/C22H40N4O5/c1-7-14(6)18(20(28)24-15(22(30)31)11-12(2)3)25-19(27)16-9-8-10-26(16)21(29)17(23)13(4)5/h12-18H,7-11,23H2,1-6H3,(H,24,28)(H,25,27)(H,30,31). The van der Waals surface area contributed by atoms with Gasteiger partial charge in [-0.05, 0) is 37.0 Å². The van der Waals surface area contributed by atoms with Gasteiger partial charge in [-0.15, -0.1) is 0 Å². The van der Waals surface area contributed by atoms with Gasteiger partial charge in [0, 0.05) is 6.54 Å². The zero-order chi connectivity index (χ0) is 23.9. The Kier molecular flexibility index (Phi) is 10.4. The summed E-state index contributed by atoms with van der Waals surface area (Å²) < 4.78 is 0. The molecular weight excluding hydrogens is 400 g/mol. The molecule has 5 unspecified atom stereocenters. The van der Waals surface area contributed by atoms with Crippen molar-refractivity contribution >= 4 is 23.7 Å². The van der Waals surface area contributed by atoms with E-state index in [1.165, 1.54) is 4.90 Å². The second-order valence-corrected chi connectivity index (χ2v) is 9.36. The fourth-order valence-electron chi connectivity index (χ4n) is 3.69. The second kappa shape index (κ2) is 12.0. The molecule has 0 saturated carbocycles. The van der Waals surface area contributed by atoms with Gasteiger partial charge in [-0.3, -0.25) is 14.4 Å². The fourth-order valence-corrected chi connectivity index (χ4v) is 3.69. The molecule has 1 heterocycles. The normalized spacial score (nSPS) is 20.3. The predicted molar refractivity (Wildman–Crippen MR) is 118 cm³/mol. The van der Waals surface area contributed by atoms with E-state index in [-0.39, 0.29) is 23.7 Å². The Balaban J connectivity index is 2.95. The zero-order valence-electron chi connectivity index (χ0n) is 19.7. The maximum absolute atomic E-state index is 13.0. The van der Waals surface area contributed by atoms with E-state index in [0.29, 0.717) is 32.2 Å². The third-order valence-corrected chi connectivity index (χ3v) is 5.96. The molecule has 3 amide bonds. The molecule has 0 aromatic carbocycles. The van der Waals surface area contributed by atoms with Gasteiger partial charge in [0.1, 0.15) is 18.1 Å². The summed E-state index contributed by atoms with van der Waals surface area (Å²) in [5.41, 5.74) is 6.00. The summed E-state index contributed by atoms with van der Waals surface area (Å²) >= 11 is 0. The minimum absolute atomic E-state index is 0.0515. The molecule has 1 aliphatic heterocycles. The lowest BCUT2D eigenvalue weighted by atomic mass is 9.96. The number of nitrogens with two attached hydrogens (primary N) is 1. The van der Waals surface area contributed by atoms with Crippen LogP contribution >= 0.6 is 0 Å². The Morgan fingerprint density at radius 3 is 2.19 bits per heavy atom. The first kappa shape index (κ1) is 26.9. The van der Waals surface area contributed by atoms with Gasteiger partial charge in [-0.2, -0.15) is 0 Å². The number of amides is 3. The average Bonchev–Trinajstić information content (AvgIpc) is 3.18. The summed E-state index contributed by atoms with van der Waals surface area (Å²) in [6.07, 6.45) is 2.10. The van der Waals surface area contributed by atoms with Crippen LogP contribution in [0.25, 0.3) is 0 Å². The van der Waals surface area contributed by atoms with E-state index in [1.54, 1.807) is 0 Å². The van der Waals surface area contributed by atoms with Crippen molar-refractivity contribution < 1.29 is 24.3 Å². The first-order valence-electron chi connectivity index (χ1n) is 11.3. The molecule has 0 aromatic heterocycles. The minimum Gasteiger partial charge on any atom is -0.480 e. The zero-order valence-corrected chi connectivity index (χ0v) is 19.7. The number of carboxylic acid groups (broad SMARTS) is 1. The number of hydrogen-bond donors (Lipinski definition) is 4. The largest absolute Gasteiger partial charge is 0.480 e. The van der Waals surface area contributed by atoms with Gasteiger partial charge < -0.3 is 26.4 Å². The lowest BCUT2D eigenvalue weighted by molar-refractivity contribution is -0.144. The van der Waals surface area contributed by atoms with E-state index in [1.807, 2.05) is 41.5 Å². The van der Waals surface area contributed by atoms with Crippen LogP contribution in [0.4, 0.5) is 0 Å². The quantitative estimate of drug-likeness (QED) is 0.379. The minimum atomic E-state index is -1.11. The smallest absolute Gasteiger partial charge is 0.326 e. The van der Waals surface area contributed by atoms with Gasteiger partial charge in [0.25, 0.3) is 0 Å². The van der Waals surface area contributed by atoms with Crippen molar-refractivity contribution in [2.75, 3.05) is 6.54 Å². The topological polar surface area (TPSA) is 142 Å². The maximum atomic E-state index is 13.0. The van der Waals surface area contributed by atoms with Crippen LogP contribution in [0.1, 0.15) is 67.2 Å². The molecule has 9 heteroatoms. The van der Waals surface area contributed by atoms with Gasteiger partial charge >= 0.3 is 5.97 Å². The van der Waals surface area contributed by atoms with Crippen LogP contribution in [0.2, 0.25) is 0 Å². The molecule has 1 rings (SSSR count). The van der Waals surface area contributed by atoms with Crippen LogP contribution in [-0.2, 0) is 19.2 Å². The van der Waals surface area contributed by atoms with Crippen LogP contribution in [0.3, 0.4) is 0 Å². The number of rotatable bonds is 11. The molecular formula is C22H40N4O5. The molecule has 178 valence electrons. The Morgan fingerprint density at radius 2 is 1.71 bits per heavy atom. The van der Waals surface area contributed by atoms with Gasteiger partial charge in [-0.25, -0.2) is 4.79 Å². The highest BCUT2D eigenvalue weighted by Crippen LogP contribution is 2.21. The van der Waals surface area contributed by atoms with Crippen LogP contribution in [0.5, 0.6) is 0 Å². The molecule has 1 saturated heterocycles. The molecule has 5 atom stereocenters. The second-order valence-electron chi connectivity index (χ2n) is 9.36. The Hall–Kier alpha value is -2.16. The van der Waals surface area contributed by atoms with Crippen LogP contribution < -0.4 is 16.4 Å². The number of hydrogen-bond acceptors (Lipinski definition) is 5. The highest BCUT2D eigenvalue weighted by Gasteiger charge is 2.39. The van der Waals surface area contributed by atoms with E-state index >= 15 is 0 Å². The van der Waals surface area contributed by atoms with Gasteiger partial charge in [0.15, 0.2) is 0 Å². The van der Waals surface area contributed by atoms with Crippen LogP contribution in [0, 0.1) is 17.8 Å². The molecule has 9 nitrogen and oxygen atoms in total. The van der Waals surface area contributed by atoms with Crippen molar-refractivity contribution in [1.29, 1.82) is 0 Å². The monoisotopic (exact) mass is 440 g/mol. The first-order chi connectivity index (χ1) is 14.4. The van der Waals surface area contributed by atoms with Gasteiger partial charge in [-0.1, -0.05) is 48.0 Å². The summed E-state index contributed by atoms with van der Waals surface area (Å²) in [7, 11) is 0. The Labute approximate surface area is 185 Å². The number of likely N-dealkylation sites (tertiary alicyclic amines) is 1. The summed E-state index contributed by atoms with van der Waals surface area (Å²) in [5, 5.41) is 14.8. The molecule has 0 aromatic rings. The molecule has 5 N–H and O–H groups in total. The number of nitrogens with one attached hydrogen (secondary N) is 2. The number of nitrogens with zero attached hydrogens (tertiary/aromatic N) is 1. The van der Waals surface area contributed by atoms with Crippen molar-refractivity contribution in [3.8, 4) is 0 Å². The maximum Gasteiger partial charge on any atom is 0.326 e. The molecule has 1 aliphatic rings. The van der Waals surface area contributed by atoms with Crippen molar-refractivity contribution in [2.45, 2.75) is 91.4 Å². The first-order valence-corrected chi connectivity index (χ1v) is 11.3. The number of carbonyl (C=O) groups is 4. The van der Waals surface area contributed by atoms with E-state index in [9.17, 15) is 24.3 Å². The number of carboxylic acids is 1. The highest BCUT2D eigenvalue weighted by atomic mass is 16.4. The van der Waals surface area contributed by atoms with Gasteiger partial charge in [0.05, 0.1) is 6.04 Å². The molecule has 1 fully saturated rings. The Morgan fingerprint density at radius 1 is 1.10 bits per heavy atom. The molecule has 0 spiro atoms. The third kappa shape index (κ3) is 7.48. The van der Waals surface area contributed by atoms with Crippen LogP contribution in [0.15, 0.2) is 0 Å². The van der Waals surface area contributed by atoms with E-state index in [2.05, 4.69) is 10.6 Å². The van der Waals surface area contributed by atoms with E-state index in [4.69, 9.17) is 5.73 Å². The third-order valence-electron chi connectivity index (χ3n) is 5.96. The lowest BCUT2D eigenvalue weighted by Gasteiger charge is -2.31. The van der Waals surface area contributed by atoms with Crippen molar-refractivity contribution in [2.24, 2.45) is 23.5 Å². The average molecular weight is 441 g/mol.